The van der Waals surface area contributed by atoms with Crippen molar-refractivity contribution in [3.05, 3.63) is 47.3 Å². The molecule has 0 bridgehead atoms. The van der Waals surface area contributed by atoms with Crippen LogP contribution >= 0.6 is 0 Å². The van der Waals surface area contributed by atoms with Crippen LogP contribution in [0.1, 0.15) is 40.9 Å². The highest BCUT2D eigenvalue weighted by Gasteiger charge is 2.24. The van der Waals surface area contributed by atoms with Crippen molar-refractivity contribution in [3.8, 4) is 0 Å². The van der Waals surface area contributed by atoms with E-state index in [4.69, 9.17) is 0 Å². The molecule has 1 aromatic carbocycles. The molecule has 0 radical (unpaired) electrons. The predicted octanol–water partition coefficient (Wildman–Crippen LogP) is 5.05. The van der Waals surface area contributed by atoms with Gasteiger partial charge in [-0.1, -0.05) is 50.8 Å². The number of aryl methyl sites for hydroxylation is 1. The van der Waals surface area contributed by atoms with Crippen LogP contribution in [0.2, 0.25) is 25.7 Å². The van der Waals surface area contributed by atoms with Gasteiger partial charge in [-0.05, 0) is 17.5 Å². The zero-order chi connectivity index (χ0) is 18.8. The number of rotatable bonds is 6. The van der Waals surface area contributed by atoms with Crippen molar-refractivity contribution in [2.24, 2.45) is 7.05 Å². The normalized spacial score (nSPS) is 13.1. The van der Waals surface area contributed by atoms with Gasteiger partial charge in [-0.25, -0.2) is 8.78 Å². The molecule has 2 aromatic rings. The van der Waals surface area contributed by atoms with E-state index in [0.717, 1.165) is 11.6 Å². The fourth-order valence-electron chi connectivity index (χ4n) is 3.10. The highest BCUT2D eigenvalue weighted by Crippen LogP contribution is 2.32. The third-order valence-electron chi connectivity index (χ3n) is 3.97. The Morgan fingerprint density at radius 3 is 2.52 bits per heavy atom. The van der Waals surface area contributed by atoms with Crippen LogP contribution in [-0.4, -0.2) is 23.8 Å². The Kier molecular flexibility index (Phi) is 5.77. The summed E-state index contributed by atoms with van der Waals surface area (Å²) in [7, 11) is 0.245. The molecule has 4 nitrogen and oxygen atoms in total. The molecule has 25 heavy (non-hydrogen) atoms. The number of halogens is 2. The van der Waals surface area contributed by atoms with Crippen LogP contribution in [-0.2, 0) is 7.05 Å². The molecule has 1 heterocycles. The Hall–Kier alpha value is -2.02. The highest BCUT2D eigenvalue weighted by atomic mass is 28.3. The fourth-order valence-corrected chi connectivity index (χ4v) is 5.16. The summed E-state index contributed by atoms with van der Waals surface area (Å²) in [4.78, 5) is 12.5. The van der Waals surface area contributed by atoms with Gasteiger partial charge in [0.2, 0.25) is 0 Å². The van der Waals surface area contributed by atoms with Crippen LogP contribution in [0.5, 0.6) is 0 Å². The van der Waals surface area contributed by atoms with Gasteiger partial charge < -0.3 is 5.32 Å². The van der Waals surface area contributed by atoms with Crippen molar-refractivity contribution >= 4 is 19.7 Å². The first-order chi connectivity index (χ1) is 11.6. The molecular formula is C18H25F2N3OSi. The molecule has 1 atom stereocenters. The molecule has 136 valence electrons. The minimum Gasteiger partial charge on any atom is -0.322 e. The van der Waals surface area contributed by atoms with Gasteiger partial charge in [-0.2, -0.15) is 5.10 Å². The van der Waals surface area contributed by atoms with Crippen LogP contribution in [0.4, 0.5) is 14.5 Å². The second kappa shape index (κ2) is 7.47. The number of carbonyl (C=O) groups is 1. The van der Waals surface area contributed by atoms with E-state index in [1.807, 2.05) is 24.3 Å². The van der Waals surface area contributed by atoms with E-state index in [9.17, 15) is 13.6 Å². The number of hydrogen-bond acceptors (Lipinski definition) is 2. The molecule has 0 saturated heterocycles. The first-order valence-corrected chi connectivity index (χ1v) is 12.0. The van der Waals surface area contributed by atoms with Crippen molar-refractivity contribution in [1.29, 1.82) is 0 Å². The van der Waals surface area contributed by atoms with Gasteiger partial charge in [0.25, 0.3) is 12.3 Å². The standard InChI is InChI=1S/C18H25F2N3OSi/c1-12(11-25(3,4)5)13-8-6-7-9-15(13)21-18(24)14-10-23(2)22-16(14)17(19)20/h6-10,12,17H,11H2,1-5H3,(H,21,24). The van der Waals surface area contributed by atoms with Crippen LogP contribution in [0.3, 0.4) is 0 Å². The number of para-hydroxylation sites is 1. The summed E-state index contributed by atoms with van der Waals surface area (Å²) >= 11 is 0. The number of anilines is 1. The summed E-state index contributed by atoms with van der Waals surface area (Å²) in [6, 6.07) is 8.64. The Labute approximate surface area is 148 Å². The molecule has 0 spiro atoms. The molecular weight excluding hydrogens is 340 g/mol. The zero-order valence-corrected chi connectivity index (χ0v) is 16.3. The van der Waals surface area contributed by atoms with Crippen molar-refractivity contribution in [1.82, 2.24) is 9.78 Å². The highest BCUT2D eigenvalue weighted by molar-refractivity contribution is 6.76. The van der Waals surface area contributed by atoms with Gasteiger partial charge in [0, 0.05) is 27.0 Å². The Balaban J connectivity index is 2.28. The third-order valence-corrected chi connectivity index (χ3v) is 5.80. The van der Waals surface area contributed by atoms with E-state index < -0.39 is 26.1 Å². The Morgan fingerprint density at radius 1 is 1.28 bits per heavy atom. The number of carbonyl (C=O) groups excluding carboxylic acids is 1. The van der Waals surface area contributed by atoms with Crippen LogP contribution in [0, 0.1) is 0 Å². The fraction of sp³-hybridized carbons (Fsp3) is 0.444. The largest absolute Gasteiger partial charge is 0.322 e. The summed E-state index contributed by atoms with van der Waals surface area (Å²) in [6.07, 6.45) is -1.46. The van der Waals surface area contributed by atoms with E-state index in [1.54, 1.807) is 0 Å². The maximum absolute atomic E-state index is 13.1. The van der Waals surface area contributed by atoms with Crippen molar-refractivity contribution in [3.63, 3.8) is 0 Å². The third kappa shape index (κ3) is 4.98. The van der Waals surface area contributed by atoms with Gasteiger partial charge in [-0.15, -0.1) is 0 Å². The molecule has 7 heteroatoms. The summed E-state index contributed by atoms with van der Waals surface area (Å²) in [5, 5.41) is 6.48. The summed E-state index contributed by atoms with van der Waals surface area (Å²) in [6.45, 7) is 9.04. The van der Waals surface area contributed by atoms with E-state index in [2.05, 4.69) is 37.0 Å². The first-order valence-electron chi connectivity index (χ1n) is 8.30. The van der Waals surface area contributed by atoms with Crippen molar-refractivity contribution in [2.75, 3.05) is 5.32 Å². The van der Waals surface area contributed by atoms with Gasteiger partial charge in [0.05, 0.1) is 5.56 Å². The van der Waals surface area contributed by atoms with Crippen molar-refractivity contribution in [2.45, 2.75) is 45.0 Å². The number of nitrogens with one attached hydrogen (secondary N) is 1. The number of hydrogen-bond donors (Lipinski definition) is 1. The average molecular weight is 366 g/mol. The topological polar surface area (TPSA) is 46.9 Å². The summed E-state index contributed by atoms with van der Waals surface area (Å²) < 4.78 is 27.4. The van der Waals surface area contributed by atoms with E-state index in [1.165, 1.54) is 17.9 Å². The average Bonchev–Trinajstić information content (AvgIpc) is 2.88. The Morgan fingerprint density at radius 2 is 1.92 bits per heavy atom. The van der Waals surface area contributed by atoms with Gasteiger partial charge >= 0.3 is 0 Å². The lowest BCUT2D eigenvalue weighted by Gasteiger charge is -2.23. The molecule has 0 aliphatic heterocycles. The molecule has 1 N–H and O–H groups in total. The Bertz CT molecular complexity index is 753. The summed E-state index contributed by atoms with van der Waals surface area (Å²) in [5.74, 6) is -0.275. The second-order valence-corrected chi connectivity index (χ2v) is 13.1. The lowest BCUT2D eigenvalue weighted by molar-refractivity contribution is 0.101. The van der Waals surface area contributed by atoms with Gasteiger partial charge in [0.1, 0.15) is 5.69 Å². The number of amides is 1. The molecule has 2 rings (SSSR count). The molecule has 0 aliphatic rings. The molecule has 1 aromatic heterocycles. The van der Waals surface area contributed by atoms with Crippen LogP contribution in [0.25, 0.3) is 0 Å². The van der Waals surface area contributed by atoms with Crippen molar-refractivity contribution < 1.29 is 13.6 Å². The lowest BCUT2D eigenvalue weighted by Crippen LogP contribution is -2.23. The second-order valence-electron chi connectivity index (χ2n) is 7.61. The van der Waals surface area contributed by atoms with E-state index >= 15 is 0 Å². The zero-order valence-electron chi connectivity index (χ0n) is 15.3. The predicted molar refractivity (Wildman–Crippen MR) is 99.1 cm³/mol. The van der Waals surface area contributed by atoms with Gasteiger partial charge in [0.15, 0.2) is 0 Å². The van der Waals surface area contributed by atoms with Crippen LogP contribution < -0.4 is 5.32 Å². The maximum Gasteiger partial charge on any atom is 0.282 e. The first kappa shape index (κ1) is 19.3. The minimum absolute atomic E-state index is 0.0925. The molecule has 0 saturated carbocycles. The molecule has 0 aliphatic carbocycles. The maximum atomic E-state index is 13.1. The number of benzene rings is 1. The number of aromatic nitrogens is 2. The minimum atomic E-state index is -2.79. The van der Waals surface area contributed by atoms with E-state index in [-0.39, 0.29) is 11.5 Å². The SMILES string of the molecule is CC(C[Si](C)(C)C)c1ccccc1NC(=O)c1cn(C)nc1C(F)F. The van der Waals surface area contributed by atoms with Crippen LogP contribution in [0.15, 0.2) is 30.5 Å². The lowest BCUT2D eigenvalue weighted by atomic mass is 10.0. The summed E-state index contributed by atoms with van der Waals surface area (Å²) in [5.41, 5.74) is 1.11. The van der Waals surface area contributed by atoms with E-state index in [0.29, 0.717) is 5.69 Å². The smallest absolute Gasteiger partial charge is 0.282 e. The quantitative estimate of drug-likeness (QED) is 0.728. The molecule has 0 fully saturated rings. The molecule has 1 amide bonds. The van der Waals surface area contributed by atoms with Gasteiger partial charge in [-0.3, -0.25) is 9.48 Å². The number of nitrogens with zero attached hydrogens (tertiary/aromatic N) is 2. The monoisotopic (exact) mass is 365 g/mol. The molecule has 1 unspecified atom stereocenters. The number of alkyl halides is 2.